The smallest absolute Gasteiger partial charge is 0.212 e. The molecule has 7 heteroatoms. The van der Waals surface area contributed by atoms with Gasteiger partial charge in [-0.3, -0.25) is 4.90 Å². The summed E-state index contributed by atoms with van der Waals surface area (Å²) < 4.78 is 2.06. The second kappa shape index (κ2) is 8.27. The lowest BCUT2D eigenvalue weighted by molar-refractivity contribution is 0.309. The summed E-state index contributed by atoms with van der Waals surface area (Å²) in [5, 5.41) is 5.76. The fraction of sp³-hybridized carbons (Fsp3) is 0.500. The zero-order chi connectivity index (χ0) is 18.3. The van der Waals surface area contributed by atoms with Crippen molar-refractivity contribution in [2.24, 2.45) is 11.7 Å². The van der Waals surface area contributed by atoms with Gasteiger partial charge in [0.15, 0.2) is 0 Å². The number of hydrogen-bond donors (Lipinski definition) is 1. The van der Waals surface area contributed by atoms with Crippen LogP contribution < -0.4 is 5.73 Å². The average molecular weight is 406 g/mol. The van der Waals surface area contributed by atoms with Gasteiger partial charge in [-0.25, -0.2) is 9.50 Å². The zero-order valence-corrected chi connectivity index (χ0v) is 17.8. The first-order valence-corrected chi connectivity index (χ1v) is 10.2. The predicted molar refractivity (Wildman–Crippen MR) is 114 cm³/mol. The van der Waals surface area contributed by atoms with Gasteiger partial charge in [0, 0.05) is 25.6 Å². The number of hydrogen-bond acceptors (Lipinski definition) is 5. The molecule has 0 bridgehead atoms. The molecule has 0 saturated carbocycles. The third-order valence-corrected chi connectivity index (χ3v) is 6.22. The largest absolute Gasteiger partial charge is 0.330 e. The predicted octanol–water partition coefficient (Wildman–Crippen LogP) is 3.82. The van der Waals surface area contributed by atoms with E-state index in [1.54, 1.807) is 11.3 Å². The van der Waals surface area contributed by atoms with Crippen LogP contribution in [-0.4, -0.2) is 39.1 Å². The Morgan fingerprint density at radius 3 is 2.63 bits per heavy atom. The molecule has 3 aromatic rings. The van der Waals surface area contributed by atoms with Crippen LogP contribution in [0.5, 0.6) is 0 Å². The first-order valence-electron chi connectivity index (χ1n) is 9.39. The van der Waals surface area contributed by atoms with Crippen molar-refractivity contribution in [2.75, 3.05) is 19.6 Å². The van der Waals surface area contributed by atoms with Gasteiger partial charge >= 0.3 is 0 Å². The zero-order valence-electron chi connectivity index (χ0n) is 16.1. The van der Waals surface area contributed by atoms with E-state index in [1.165, 1.54) is 17.0 Å². The van der Waals surface area contributed by atoms with Crippen molar-refractivity contribution >= 4 is 28.7 Å². The van der Waals surface area contributed by atoms with Crippen LogP contribution in [0.25, 0.3) is 4.96 Å². The van der Waals surface area contributed by atoms with Crippen molar-refractivity contribution in [3.8, 4) is 0 Å². The van der Waals surface area contributed by atoms with Crippen molar-refractivity contribution < 1.29 is 0 Å². The summed E-state index contributed by atoms with van der Waals surface area (Å²) in [6, 6.07) is 10.8. The fourth-order valence-electron chi connectivity index (χ4n) is 4.13. The molecule has 3 heterocycles. The molecule has 0 unspecified atom stereocenters. The van der Waals surface area contributed by atoms with Gasteiger partial charge in [-0.15, -0.1) is 12.4 Å². The molecule has 1 fully saturated rings. The Morgan fingerprint density at radius 2 is 1.96 bits per heavy atom. The number of aryl methyl sites for hydroxylation is 1. The van der Waals surface area contributed by atoms with Crippen LogP contribution in [-0.2, 0) is 6.54 Å². The number of benzene rings is 1. The maximum absolute atomic E-state index is 6.11. The minimum absolute atomic E-state index is 0. The number of likely N-dealkylation sites (tertiary alicyclic amines) is 1. The summed E-state index contributed by atoms with van der Waals surface area (Å²) in [5.41, 5.74) is 9.93. The Morgan fingerprint density at radius 1 is 1.22 bits per heavy atom. The first-order chi connectivity index (χ1) is 12.6. The van der Waals surface area contributed by atoms with Crippen molar-refractivity contribution in [2.45, 2.75) is 39.2 Å². The van der Waals surface area contributed by atoms with E-state index in [0.29, 0.717) is 17.8 Å². The Bertz CT molecular complexity index is 889. The van der Waals surface area contributed by atoms with Gasteiger partial charge in [0.25, 0.3) is 0 Å². The lowest BCUT2D eigenvalue weighted by Gasteiger charge is -2.17. The highest BCUT2D eigenvalue weighted by atomic mass is 35.5. The van der Waals surface area contributed by atoms with E-state index in [4.69, 9.17) is 15.8 Å². The number of aromatic nitrogens is 3. The molecule has 1 aromatic carbocycles. The van der Waals surface area contributed by atoms with E-state index in [0.717, 1.165) is 36.1 Å². The minimum atomic E-state index is 0. The van der Waals surface area contributed by atoms with Gasteiger partial charge in [-0.2, -0.15) is 5.10 Å². The molecule has 1 aliphatic heterocycles. The second-order valence-electron chi connectivity index (χ2n) is 7.62. The van der Waals surface area contributed by atoms with E-state index in [9.17, 15) is 0 Å². The SMILES string of the molecule is Cc1nn2c(CN3C[C@@H](CN)[C@H](c4ccccc4)C3)c(C(C)C)nc2s1.Cl. The second-order valence-corrected chi connectivity index (χ2v) is 8.78. The lowest BCUT2D eigenvalue weighted by Crippen LogP contribution is -2.24. The fourth-order valence-corrected chi connectivity index (χ4v) is 4.90. The van der Waals surface area contributed by atoms with Crippen LogP contribution in [0.1, 0.15) is 47.6 Å². The van der Waals surface area contributed by atoms with Gasteiger partial charge in [0.05, 0.1) is 11.4 Å². The molecule has 5 nitrogen and oxygen atoms in total. The summed E-state index contributed by atoms with van der Waals surface area (Å²) in [6.45, 7) is 10.2. The molecule has 2 atom stereocenters. The lowest BCUT2D eigenvalue weighted by atomic mass is 9.89. The molecule has 27 heavy (non-hydrogen) atoms. The van der Waals surface area contributed by atoms with Gasteiger partial charge in [0.1, 0.15) is 5.01 Å². The molecule has 1 saturated heterocycles. The van der Waals surface area contributed by atoms with E-state index in [-0.39, 0.29) is 12.4 Å². The molecule has 0 amide bonds. The van der Waals surface area contributed by atoms with Crippen LogP contribution in [0.3, 0.4) is 0 Å². The van der Waals surface area contributed by atoms with Gasteiger partial charge < -0.3 is 5.73 Å². The number of rotatable bonds is 5. The third kappa shape index (κ3) is 3.90. The van der Waals surface area contributed by atoms with E-state index in [1.807, 2.05) is 6.92 Å². The van der Waals surface area contributed by atoms with Crippen LogP contribution in [0, 0.1) is 12.8 Å². The van der Waals surface area contributed by atoms with E-state index >= 15 is 0 Å². The highest BCUT2D eigenvalue weighted by Crippen LogP contribution is 2.34. The summed E-state index contributed by atoms with van der Waals surface area (Å²) in [6.07, 6.45) is 0. The number of fused-ring (bicyclic) bond motifs is 1. The molecule has 2 N–H and O–H groups in total. The molecule has 4 rings (SSSR count). The van der Waals surface area contributed by atoms with Crippen LogP contribution in [0.15, 0.2) is 30.3 Å². The molecule has 146 valence electrons. The number of halogens is 1. The van der Waals surface area contributed by atoms with Crippen molar-refractivity contribution in [3.05, 3.63) is 52.3 Å². The Balaban J connectivity index is 0.00000210. The van der Waals surface area contributed by atoms with Gasteiger partial charge in [-0.1, -0.05) is 55.5 Å². The number of nitrogens with two attached hydrogens (primary N) is 1. The van der Waals surface area contributed by atoms with Gasteiger partial charge in [0.2, 0.25) is 4.96 Å². The van der Waals surface area contributed by atoms with Crippen molar-refractivity contribution in [3.63, 3.8) is 0 Å². The maximum Gasteiger partial charge on any atom is 0.212 e. The Labute approximate surface area is 171 Å². The summed E-state index contributed by atoms with van der Waals surface area (Å²) >= 11 is 1.67. The number of nitrogens with zero attached hydrogens (tertiary/aromatic N) is 4. The average Bonchev–Trinajstić information content (AvgIpc) is 3.29. The molecule has 0 aliphatic carbocycles. The third-order valence-electron chi connectivity index (χ3n) is 5.40. The van der Waals surface area contributed by atoms with Gasteiger partial charge in [-0.05, 0) is 30.9 Å². The van der Waals surface area contributed by atoms with E-state index in [2.05, 4.69) is 53.6 Å². The molecular formula is C20H28ClN5S. The molecule has 0 spiro atoms. The monoisotopic (exact) mass is 405 g/mol. The quantitative estimate of drug-likeness (QED) is 0.701. The normalized spacial score (nSPS) is 20.5. The topological polar surface area (TPSA) is 59.5 Å². The maximum atomic E-state index is 6.11. The Kier molecular flexibility index (Phi) is 6.21. The molecule has 1 aliphatic rings. The van der Waals surface area contributed by atoms with Crippen LogP contribution >= 0.6 is 23.7 Å². The molecular weight excluding hydrogens is 378 g/mol. The summed E-state index contributed by atoms with van der Waals surface area (Å²) in [4.78, 5) is 8.40. The Hall–Kier alpha value is -1.47. The van der Waals surface area contributed by atoms with Crippen molar-refractivity contribution in [1.82, 2.24) is 19.5 Å². The highest BCUT2D eigenvalue weighted by molar-refractivity contribution is 7.16. The molecule has 0 radical (unpaired) electrons. The summed E-state index contributed by atoms with van der Waals surface area (Å²) in [5.74, 6) is 1.40. The van der Waals surface area contributed by atoms with Crippen LogP contribution in [0.2, 0.25) is 0 Å². The van der Waals surface area contributed by atoms with E-state index < -0.39 is 0 Å². The van der Waals surface area contributed by atoms with Crippen LogP contribution in [0.4, 0.5) is 0 Å². The van der Waals surface area contributed by atoms with Crippen molar-refractivity contribution in [1.29, 1.82) is 0 Å². The first kappa shape index (κ1) is 20.3. The number of imidazole rings is 1. The minimum Gasteiger partial charge on any atom is -0.330 e. The summed E-state index contributed by atoms with van der Waals surface area (Å²) in [7, 11) is 0. The standard InChI is InChI=1S/C20H27N5S.ClH/c1-13(2)19-18(25-20(22-19)26-14(3)23-25)12-24-10-16(9-21)17(11-24)15-7-5-4-6-8-15;/h4-8,13,16-17H,9-12,21H2,1-3H3;1H/t16-,17+;/m1./s1. The molecule has 2 aromatic heterocycles. The highest BCUT2D eigenvalue weighted by Gasteiger charge is 2.34.